The Labute approximate surface area is 244 Å². The van der Waals surface area contributed by atoms with Crippen LogP contribution in [-0.4, -0.2) is 52.6 Å². The van der Waals surface area contributed by atoms with Gasteiger partial charge in [0, 0.05) is 17.7 Å². The fourth-order valence-electron chi connectivity index (χ4n) is 5.98. The number of ether oxygens (including phenoxy) is 1. The first-order valence-corrected chi connectivity index (χ1v) is 18.6. The maximum atomic E-state index is 14.9. The molecule has 3 unspecified atom stereocenters. The Hall–Kier alpha value is -2.75. The molecule has 0 radical (unpaired) electrons. The molecule has 1 saturated carbocycles. The van der Waals surface area contributed by atoms with Crippen molar-refractivity contribution >= 4 is 24.0 Å². The van der Waals surface area contributed by atoms with Crippen molar-refractivity contribution in [2.45, 2.75) is 85.1 Å². The molecule has 0 bridgehead atoms. The molecule has 4 rings (SSSR count). The number of hydrogen-bond acceptors (Lipinski definition) is 5. The number of nitrogens with one attached hydrogen (secondary N) is 1. The zero-order valence-electron chi connectivity index (χ0n) is 23.4. The van der Waals surface area contributed by atoms with Crippen LogP contribution >= 0.6 is 0 Å². The van der Waals surface area contributed by atoms with E-state index in [4.69, 9.17) is 4.74 Å². The lowest BCUT2D eigenvalue weighted by Gasteiger charge is -2.42. The second-order valence-electron chi connectivity index (χ2n) is 12.1. The van der Waals surface area contributed by atoms with Gasteiger partial charge in [-0.25, -0.2) is 22.0 Å². The molecule has 2 aliphatic carbocycles. The summed E-state index contributed by atoms with van der Waals surface area (Å²) >= 11 is 0. The molecule has 0 aliphatic heterocycles. The fourth-order valence-corrected chi connectivity index (χ4v) is 9.15. The Morgan fingerprint density at radius 3 is 2.16 bits per heavy atom. The molecule has 239 valence electrons. The molecule has 1 amide bonds. The minimum Gasteiger partial charge on any atom is -0.453 e. The van der Waals surface area contributed by atoms with Crippen LogP contribution in [0.3, 0.4) is 0 Å². The van der Waals surface area contributed by atoms with Gasteiger partial charge in [-0.1, -0.05) is 6.07 Å². The van der Waals surface area contributed by atoms with E-state index in [2.05, 4.69) is 29.9 Å². The van der Waals surface area contributed by atoms with E-state index in [0.717, 1.165) is 30.3 Å². The van der Waals surface area contributed by atoms with Gasteiger partial charge in [0.25, 0.3) is 0 Å². The SMILES string of the molecule is C[Si-](C)(C)CCOC(=O)NC1CCC2(S(=O)(=O)c3ccc(F)cc3)c3ccc(C(F)(C(F)(F)F)C(F)(F)F)nc3CCC12. The number of alkyl carbamates (subject to hydrolysis) is 1. The van der Waals surface area contributed by atoms with Crippen molar-refractivity contribution in [1.82, 2.24) is 10.3 Å². The molecule has 43 heavy (non-hydrogen) atoms. The van der Waals surface area contributed by atoms with Gasteiger partial charge < -0.3 is 10.1 Å². The van der Waals surface area contributed by atoms with E-state index >= 15 is 0 Å². The first kappa shape index (κ1) is 33.1. The van der Waals surface area contributed by atoms with Crippen LogP contribution in [0, 0.1) is 11.7 Å². The fraction of sp³-hybridized carbons (Fsp3) is 0.556. The van der Waals surface area contributed by atoms with Crippen LogP contribution in [0.5, 0.6) is 0 Å². The molecule has 0 spiro atoms. The van der Waals surface area contributed by atoms with Gasteiger partial charge in [0.15, 0.2) is 9.84 Å². The van der Waals surface area contributed by atoms with Crippen LogP contribution in [0.4, 0.5) is 39.9 Å². The topological polar surface area (TPSA) is 85.4 Å². The van der Waals surface area contributed by atoms with Gasteiger partial charge in [-0.15, -0.1) is 14.1 Å². The summed E-state index contributed by atoms with van der Waals surface area (Å²) in [5.74, 6) is -1.65. The largest absolute Gasteiger partial charge is 0.453 e. The predicted molar refractivity (Wildman–Crippen MR) is 142 cm³/mol. The number of halogens is 8. The van der Waals surface area contributed by atoms with E-state index in [9.17, 15) is 48.3 Å². The van der Waals surface area contributed by atoms with Crippen molar-refractivity contribution in [2.75, 3.05) is 6.61 Å². The first-order valence-electron chi connectivity index (χ1n) is 13.4. The summed E-state index contributed by atoms with van der Waals surface area (Å²) in [6, 6.07) is 4.61. The molecule has 0 saturated heterocycles. The zero-order valence-corrected chi connectivity index (χ0v) is 25.2. The van der Waals surface area contributed by atoms with E-state index < -0.39 is 75.9 Å². The Bertz CT molecular complexity index is 1460. The highest BCUT2D eigenvalue weighted by Gasteiger charge is 2.75. The summed E-state index contributed by atoms with van der Waals surface area (Å²) in [6.45, 7) is 6.37. The molecule has 1 aromatic carbocycles. The number of aryl methyl sites for hydroxylation is 1. The number of pyridine rings is 1. The number of carbonyl (C=O) groups excluding carboxylic acids is 1. The number of hydrogen-bond donors (Lipinski definition) is 1. The number of benzene rings is 1. The molecule has 2 aliphatic rings. The predicted octanol–water partition coefficient (Wildman–Crippen LogP) is 6.97. The summed E-state index contributed by atoms with van der Waals surface area (Å²) in [6.07, 6.45) is -14.2. The van der Waals surface area contributed by atoms with Crippen molar-refractivity contribution in [2.24, 2.45) is 5.92 Å². The number of aromatic nitrogens is 1. The number of carbonyl (C=O) groups is 1. The second-order valence-corrected chi connectivity index (χ2v) is 19.9. The lowest BCUT2D eigenvalue weighted by atomic mass is 9.76. The normalized spacial score (nSPS) is 23.0. The van der Waals surface area contributed by atoms with E-state index in [0.29, 0.717) is 6.04 Å². The standard InChI is InChI=1S/C27H30F8N2O4SSi/c1-43(2,3)15-14-41-23(38)37-21-12-13-24(42(39,40)17-6-4-16(28)5-7-17)18(21)8-10-20-19(24)9-11-22(36-20)25(29,26(30,31)32)27(33,34)35/h4-7,9,11,18,21H,8,10,12-15H2,1-3H3,(H,37,38)/q-1. The Morgan fingerprint density at radius 1 is 1.00 bits per heavy atom. The maximum Gasteiger partial charge on any atom is 0.437 e. The van der Waals surface area contributed by atoms with E-state index in [-0.39, 0.29) is 48.8 Å². The molecular formula is C27H30F8N2O4SSi-. The number of nitrogens with zero attached hydrogens (tertiary/aromatic N) is 1. The van der Waals surface area contributed by atoms with Crippen LogP contribution in [0.25, 0.3) is 0 Å². The maximum absolute atomic E-state index is 14.9. The van der Waals surface area contributed by atoms with Gasteiger partial charge in [-0.3, -0.25) is 4.98 Å². The Kier molecular flexibility index (Phi) is 8.48. The Morgan fingerprint density at radius 2 is 1.60 bits per heavy atom. The highest BCUT2D eigenvalue weighted by atomic mass is 32.2. The lowest BCUT2D eigenvalue weighted by molar-refractivity contribution is -0.350. The molecular weight excluding hydrogens is 628 g/mol. The minimum atomic E-state index is -6.40. The van der Waals surface area contributed by atoms with Crippen molar-refractivity contribution in [3.05, 3.63) is 59.2 Å². The third-order valence-electron chi connectivity index (χ3n) is 8.16. The van der Waals surface area contributed by atoms with Gasteiger partial charge in [0.2, 0.25) is 0 Å². The second kappa shape index (κ2) is 11.0. The third kappa shape index (κ3) is 5.76. The summed E-state index contributed by atoms with van der Waals surface area (Å²) < 4.78 is 141. The Balaban J connectivity index is 1.80. The van der Waals surface area contributed by atoms with Crippen LogP contribution in [0.2, 0.25) is 25.7 Å². The van der Waals surface area contributed by atoms with E-state index in [1.807, 2.05) is 0 Å². The minimum absolute atomic E-state index is 0.0631. The lowest BCUT2D eigenvalue weighted by Crippen LogP contribution is -2.52. The summed E-state index contributed by atoms with van der Waals surface area (Å²) in [5.41, 5.74) is -8.39. The summed E-state index contributed by atoms with van der Waals surface area (Å²) in [7, 11) is -6.07. The molecule has 1 aromatic heterocycles. The van der Waals surface area contributed by atoms with Gasteiger partial charge in [-0.05, 0) is 61.6 Å². The van der Waals surface area contributed by atoms with Gasteiger partial charge >= 0.3 is 24.1 Å². The molecule has 1 N–H and O–H groups in total. The highest BCUT2D eigenvalue weighted by Crippen LogP contribution is 2.58. The average molecular weight is 659 g/mol. The average Bonchev–Trinajstić information content (AvgIpc) is 3.26. The van der Waals surface area contributed by atoms with Gasteiger partial charge in [0.05, 0.1) is 17.2 Å². The summed E-state index contributed by atoms with van der Waals surface area (Å²) in [5, 5.41) is 2.68. The van der Waals surface area contributed by atoms with Crippen molar-refractivity contribution < 1.29 is 53.1 Å². The van der Waals surface area contributed by atoms with Gasteiger partial charge in [0.1, 0.15) is 10.6 Å². The van der Waals surface area contributed by atoms with Crippen molar-refractivity contribution in [3.8, 4) is 0 Å². The van der Waals surface area contributed by atoms with E-state index in [1.54, 1.807) is 0 Å². The van der Waals surface area contributed by atoms with Crippen molar-refractivity contribution in [1.29, 1.82) is 0 Å². The van der Waals surface area contributed by atoms with E-state index in [1.165, 1.54) is 0 Å². The quantitative estimate of drug-likeness (QED) is 0.197. The highest BCUT2D eigenvalue weighted by molar-refractivity contribution is 7.92. The molecule has 2 aromatic rings. The number of fused-ring (bicyclic) bond motifs is 3. The molecule has 1 heterocycles. The number of alkyl halides is 7. The molecule has 3 atom stereocenters. The van der Waals surface area contributed by atoms with Crippen LogP contribution in [-0.2, 0) is 31.4 Å². The monoisotopic (exact) mass is 658 g/mol. The zero-order chi connectivity index (χ0) is 32.2. The summed E-state index contributed by atoms with van der Waals surface area (Å²) in [4.78, 5) is 15.7. The van der Waals surface area contributed by atoms with Crippen LogP contribution in [0.15, 0.2) is 41.3 Å². The number of rotatable bonds is 7. The van der Waals surface area contributed by atoms with Gasteiger partial charge in [-0.2, -0.15) is 46.0 Å². The smallest absolute Gasteiger partial charge is 0.437 e. The van der Waals surface area contributed by atoms with Crippen molar-refractivity contribution in [3.63, 3.8) is 0 Å². The molecule has 6 nitrogen and oxygen atoms in total. The molecule has 16 heteroatoms. The number of amides is 1. The van der Waals surface area contributed by atoms with Crippen LogP contribution in [0.1, 0.15) is 36.2 Å². The third-order valence-corrected chi connectivity index (χ3v) is 12.4. The first-order chi connectivity index (χ1) is 19.6. The number of sulfone groups is 1. The molecule has 1 fully saturated rings. The van der Waals surface area contributed by atoms with Crippen LogP contribution < -0.4 is 5.32 Å².